The molecule has 0 bridgehead atoms. The van der Waals surface area contributed by atoms with Crippen LogP contribution < -0.4 is 5.32 Å². The molecule has 3 heterocycles. The Kier molecular flexibility index (Phi) is 5.99. The van der Waals surface area contributed by atoms with Gasteiger partial charge in [-0.15, -0.1) is 0 Å². The van der Waals surface area contributed by atoms with Crippen LogP contribution in [0.3, 0.4) is 0 Å². The standard InChI is InChI=1S/C25H30F2N4/c1-16(2)23-14-28-8-7-20(10-17(23)3)31-9-5-6-18-11-21(19-13-29-30(4)15-19)22(25(26)27)12-24(18)31/h7-8,10,12-14,19,21,25,28H,1,3,5-6,9,11,15H2,2,4H3/b8-7-,20-10+,23-14-. The molecule has 2 unspecified atom stereocenters. The van der Waals surface area contributed by atoms with E-state index in [-0.39, 0.29) is 17.4 Å². The van der Waals surface area contributed by atoms with E-state index in [4.69, 9.17) is 0 Å². The van der Waals surface area contributed by atoms with Crippen molar-refractivity contribution in [2.24, 2.45) is 16.9 Å². The molecule has 1 aliphatic carbocycles. The number of hydrogen-bond acceptors (Lipinski definition) is 4. The van der Waals surface area contributed by atoms with Gasteiger partial charge in [-0.2, -0.15) is 5.10 Å². The van der Waals surface area contributed by atoms with Crippen LogP contribution in [-0.2, 0) is 0 Å². The number of nitrogens with zero attached hydrogens (tertiary/aromatic N) is 3. The fourth-order valence-electron chi connectivity index (χ4n) is 4.87. The Bertz CT molecular complexity index is 964. The van der Waals surface area contributed by atoms with E-state index in [2.05, 4.69) is 28.5 Å². The summed E-state index contributed by atoms with van der Waals surface area (Å²) in [5.74, 6) is -0.161. The maximum atomic E-state index is 14.1. The molecular formula is C25H30F2N4. The van der Waals surface area contributed by atoms with Crippen molar-refractivity contribution < 1.29 is 8.78 Å². The number of nitrogens with one attached hydrogen (secondary N) is 1. The first-order chi connectivity index (χ1) is 14.8. The van der Waals surface area contributed by atoms with Gasteiger partial charge in [0, 0.05) is 61.6 Å². The maximum Gasteiger partial charge on any atom is 0.260 e. The molecular weight excluding hydrogens is 394 g/mol. The second-order valence-electron chi connectivity index (χ2n) is 8.70. The summed E-state index contributed by atoms with van der Waals surface area (Å²) < 4.78 is 28.3. The molecule has 0 radical (unpaired) electrons. The molecule has 0 aromatic carbocycles. The quantitative estimate of drug-likeness (QED) is 0.680. The summed E-state index contributed by atoms with van der Waals surface area (Å²) in [5, 5.41) is 9.29. The summed E-state index contributed by atoms with van der Waals surface area (Å²) in [4.78, 5) is 2.16. The molecule has 0 amide bonds. The van der Waals surface area contributed by atoms with Gasteiger partial charge in [0.15, 0.2) is 0 Å². The molecule has 4 aliphatic rings. The van der Waals surface area contributed by atoms with Crippen LogP contribution in [0.5, 0.6) is 0 Å². The summed E-state index contributed by atoms with van der Waals surface area (Å²) in [6.45, 7) is 11.7. The minimum Gasteiger partial charge on any atom is -0.367 e. The van der Waals surface area contributed by atoms with Crippen molar-refractivity contribution in [2.75, 3.05) is 20.1 Å². The van der Waals surface area contributed by atoms with Gasteiger partial charge < -0.3 is 10.2 Å². The van der Waals surface area contributed by atoms with Crippen LogP contribution in [0, 0.1) is 11.8 Å². The first-order valence-electron chi connectivity index (χ1n) is 10.8. The fourth-order valence-corrected chi connectivity index (χ4v) is 4.87. The van der Waals surface area contributed by atoms with Crippen LogP contribution in [0.15, 0.2) is 88.1 Å². The molecule has 4 rings (SSSR count). The lowest BCUT2D eigenvalue weighted by molar-refractivity contribution is 0.163. The Morgan fingerprint density at radius 1 is 1.32 bits per heavy atom. The second-order valence-corrected chi connectivity index (χ2v) is 8.70. The summed E-state index contributed by atoms with van der Waals surface area (Å²) in [7, 11) is 1.89. The topological polar surface area (TPSA) is 30.9 Å². The van der Waals surface area contributed by atoms with Crippen LogP contribution in [0.4, 0.5) is 8.78 Å². The molecule has 0 spiro atoms. The number of rotatable bonds is 4. The van der Waals surface area contributed by atoms with Gasteiger partial charge in [0.1, 0.15) is 0 Å². The third kappa shape index (κ3) is 4.29. The molecule has 0 aromatic heterocycles. The number of halogens is 2. The molecule has 1 N–H and O–H groups in total. The minimum atomic E-state index is -2.47. The number of alkyl halides is 2. The molecule has 0 saturated heterocycles. The highest BCUT2D eigenvalue weighted by Gasteiger charge is 2.37. The van der Waals surface area contributed by atoms with Crippen molar-refractivity contribution in [3.8, 4) is 0 Å². The van der Waals surface area contributed by atoms with Gasteiger partial charge >= 0.3 is 0 Å². The third-order valence-electron chi connectivity index (χ3n) is 6.43. The van der Waals surface area contributed by atoms with Crippen LogP contribution >= 0.6 is 0 Å². The van der Waals surface area contributed by atoms with Crippen molar-refractivity contribution >= 4 is 6.21 Å². The lowest BCUT2D eigenvalue weighted by atomic mass is 9.76. The predicted octanol–water partition coefficient (Wildman–Crippen LogP) is 5.11. The van der Waals surface area contributed by atoms with Gasteiger partial charge in [-0.25, -0.2) is 8.78 Å². The van der Waals surface area contributed by atoms with Gasteiger partial charge in [0.05, 0.1) is 0 Å². The van der Waals surface area contributed by atoms with E-state index >= 15 is 0 Å². The summed E-state index contributed by atoms with van der Waals surface area (Å²) in [6, 6.07) is 0. The third-order valence-corrected chi connectivity index (χ3v) is 6.43. The van der Waals surface area contributed by atoms with Crippen molar-refractivity contribution in [2.45, 2.75) is 32.6 Å². The lowest BCUT2D eigenvalue weighted by Crippen LogP contribution is -2.34. The fraction of sp³-hybridized carbons (Fsp3) is 0.400. The molecule has 0 saturated carbocycles. The Morgan fingerprint density at radius 3 is 2.81 bits per heavy atom. The van der Waals surface area contributed by atoms with Gasteiger partial charge in [-0.05, 0) is 72.6 Å². The zero-order chi connectivity index (χ0) is 22.1. The first kappa shape index (κ1) is 21.3. The molecule has 31 heavy (non-hydrogen) atoms. The van der Waals surface area contributed by atoms with Crippen LogP contribution in [0.25, 0.3) is 0 Å². The number of hydrazone groups is 1. The van der Waals surface area contributed by atoms with E-state index in [0.29, 0.717) is 13.0 Å². The maximum absolute atomic E-state index is 14.1. The van der Waals surface area contributed by atoms with E-state index in [9.17, 15) is 8.78 Å². The van der Waals surface area contributed by atoms with Gasteiger partial charge in [-0.1, -0.05) is 13.2 Å². The number of hydrogen-bond donors (Lipinski definition) is 1. The van der Waals surface area contributed by atoms with E-state index < -0.39 is 6.43 Å². The molecule has 0 aromatic rings. The van der Waals surface area contributed by atoms with Crippen molar-refractivity contribution in [3.63, 3.8) is 0 Å². The predicted molar refractivity (Wildman–Crippen MR) is 122 cm³/mol. The average Bonchev–Trinajstić information content (AvgIpc) is 3.15. The van der Waals surface area contributed by atoms with Gasteiger partial charge in [0.25, 0.3) is 6.43 Å². The zero-order valence-corrected chi connectivity index (χ0v) is 18.2. The highest BCUT2D eigenvalue weighted by molar-refractivity contribution is 5.64. The molecule has 164 valence electrons. The second kappa shape index (κ2) is 8.69. The van der Waals surface area contributed by atoms with Crippen molar-refractivity contribution in [1.29, 1.82) is 0 Å². The normalized spacial score (nSPS) is 30.6. The van der Waals surface area contributed by atoms with Crippen molar-refractivity contribution in [1.82, 2.24) is 15.2 Å². The highest BCUT2D eigenvalue weighted by atomic mass is 19.3. The number of allylic oxidation sites excluding steroid dienone is 8. The smallest absolute Gasteiger partial charge is 0.260 e. The summed E-state index contributed by atoms with van der Waals surface area (Å²) in [6.07, 6.45) is 11.5. The molecule has 4 nitrogen and oxygen atoms in total. The monoisotopic (exact) mass is 424 g/mol. The van der Waals surface area contributed by atoms with E-state index in [1.54, 1.807) is 6.08 Å². The van der Waals surface area contributed by atoms with Crippen LogP contribution in [-0.4, -0.2) is 42.7 Å². The summed E-state index contributed by atoms with van der Waals surface area (Å²) >= 11 is 0. The Labute approximate surface area is 183 Å². The van der Waals surface area contributed by atoms with Gasteiger partial charge in [0.2, 0.25) is 0 Å². The first-order valence-corrected chi connectivity index (χ1v) is 10.8. The highest BCUT2D eigenvalue weighted by Crippen LogP contribution is 2.43. The Balaban J connectivity index is 1.69. The minimum absolute atomic E-state index is 0.0300. The zero-order valence-electron chi connectivity index (χ0n) is 18.2. The van der Waals surface area contributed by atoms with E-state index in [1.165, 1.54) is 5.57 Å². The van der Waals surface area contributed by atoms with Gasteiger partial charge in [-0.3, -0.25) is 5.01 Å². The van der Waals surface area contributed by atoms with Crippen LogP contribution in [0.1, 0.15) is 26.2 Å². The lowest BCUT2D eigenvalue weighted by Gasteiger charge is -2.39. The van der Waals surface area contributed by atoms with E-state index in [1.807, 2.05) is 49.7 Å². The van der Waals surface area contributed by atoms with E-state index in [0.717, 1.165) is 47.5 Å². The van der Waals surface area contributed by atoms with Crippen molar-refractivity contribution in [3.05, 3.63) is 83.0 Å². The average molecular weight is 425 g/mol. The van der Waals surface area contributed by atoms with Crippen LogP contribution in [0.2, 0.25) is 0 Å². The molecule has 0 fully saturated rings. The Morgan fingerprint density at radius 2 is 2.13 bits per heavy atom. The SMILES string of the molecule is C=C(C)/C1=C/N/C=C\C(N2CCCC3=C2C=C(C(F)F)C(C2C=NN(C)C2)C3)=C/C1=C. The molecule has 2 atom stereocenters. The Hall–Kier alpha value is -2.89. The summed E-state index contributed by atoms with van der Waals surface area (Å²) in [5.41, 5.74) is 6.08. The molecule has 3 aliphatic heterocycles. The molecule has 6 heteroatoms. The largest absolute Gasteiger partial charge is 0.367 e.